The minimum Gasteiger partial charge on any atom is -0.491 e. The van der Waals surface area contributed by atoms with Gasteiger partial charge in [-0.15, -0.1) is 0 Å². The quantitative estimate of drug-likeness (QED) is 0.867. The third-order valence-electron chi connectivity index (χ3n) is 3.35. The van der Waals surface area contributed by atoms with Crippen LogP contribution in [0, 0.1) is 0 Å². The van der Waals surface area contributed by atoms with Gasteiger partial charge in [0.15, 0.2) is 0 Å². The van der Waals surface area contributed by atoms with Crippen molar-refractivity contribution in [1.82, 2.24) is 0 Å². The molecular weight excluding hydrogens is 212 g/mol. The van der Waals surface area contributed by atoms with Crippen molar-refractivity contribution >= 4 is 0 Å². The molecule has 2 heteroatoms. The minimum absolute atomic E-state index is 0.122. The molecule has 2 nitrogen and oxygen atoms in total. The molecule has 1 aromatic rings. The van der Waals surface area contributed by atoms with Crippen molar-refractivity contribution in [3.8, 4) is 5.75 Å². The van der Waals surface area contributed by atoms with E-state index in [0.29, 0.717) is 5.92 Å². The van der Waals surface area contributed by atoms with E-state index >= 15 is 0 Å². The van der Waals surface area contributed by atoms with Crippen LogP contribution in [0.15, 0.2) is 24.3 Å². The number of ether oxygens (including phenoxy) is 1. The van der Waals surface area contributed by atoms with E-state index in [1.165, 1.54) is 12.0 Å². The molecule has 0 heterocycles. The number of benzene rings is 1. The lowest BCUT2D eigenvalue weighted by atomic mass is 9.82. The summed E-state index contributed by atoms with van der Waals surface area (Å²) in [6.45, 7) is 4.08. The molecule has 17 heavy (non-hydrogen) atoms. The molecule has 1 aliphatic carbocycles. The lowest BCUT2D eigenvalue weighted by Crippen LogP contribution is -2.18. The average molecular weight is 234 g/mol. The molecule has 0 amide bonds. The van der Waals surface area contributed by atoms with Gasteiger partial charge in [-0.1, -0.05) is 18.6 Å². The normalized spacial score (nSPS) is 24.9. The van der Waals surface area contributed by atoms with Gasteiger partial charge < -0.3 is 9.84 Å². The minimum atomic E-state index is -0.122. The van der Waals surface area contributed by atoms with Gasteiger partial charge in [0.25, 0.3) is 0 Å². The van der Waals surface area contributed by atoms with Gasteiger partial charge in [-0.3, -0.25) is 0 Å². The van der Waals surface area contributed by atoms with E-state index in [2.05, 4.69) is 12.1 Å². The van der Waals surface area contributed by atoms with Gasteiger partial charge >= 0.3 is 0 Å². The summed E-state index contributed by atoms with van der Waals surface area (Å²) >= 11 is 0. The van der Waals surface area contributed by atoms with Crippen LogP contribution in [-0.4, -0.2) is 17.3 Å². The van der Waals surface area contributed by atoms with E-state index in [9.17, 15) is 5.11 Å². The molecule has 1 N–H and O–H groups in total. The summed E-state index contributed by atoms with van der Waals surface area (Å²) in [5, 5.41) is 9.72. The molecule has 2 unspecified atom stereocenters. The SMILES string of the molecule is CC(C)Oc1cccc(C2CCCC(O)C2)c1. The first-order chi connectivity index (χ1) is 8.15. The van der Waals surface area contributed by atoms with Crippen LogP contribution in [0.3, 0.4) is 0 Å². The highest BCUT2D eigenvalue weighted by Crippen LogP contribution is 2.34. The highest BCUT2D eigenvalue weighted by molar-refractivity contribution is 5.31. The summed E-state index contributed by atoms with van der Waals surface area (Å²) in [4.78, 5) is 0. The van der Waals surface area contributed by atoms with Gasteiger partial charge in [0.2, 0.25) is 0 Å². The van der Waals surface area contributed by atoms with E-state index in [1.807, 2.05) is 26.0 Å². The van der Waals surface area contributed by atoms with Gasteiger partial charge in [0.05, 0.1) is 12.2 Å². The molecule has 2 atom stereocenters. The van der Waals surface area contributed by atoms with E-state index < -0.39 is 0 Å². The average Bonchev–Trinajstić information content (AvgIpc) is 2.28. The molecule has 1 fully saturated rings. The van der Waals surface area contributed by atoms with Gasteiger partial charge in [-0.25, -0.2) is 0 Å². The van der Waals surface area contributed by atoms with Crippen molar-refractivity contribution in [3.63, 3.8) is 0 Å². The maximum atomic E-state index is 9.72. The van der Waals surface area contributed by atoms with Crippen molar-refractivity contribution in [2.24, 2.45) is 0 Å². The summed E-state index contributed by atoms with van der Waals surface area (Å²) in [5.74, 6) is 1.44. The smallest absolute Gasteiger partial charge is 0.119 e. The standard InChI is InChI=1S/C15H22O2/c1-11(2)17-15-8-4-6-13(10-15)12-5-3-7-14(16)9-12/h4,6,8,10-12,14,16H,3,5,7,9H2,1-2H3. The number of aliphatic hydroxyl groups excluding tert-OH is 1. The molecule has 1 aromatic carbocycles. The van der Waals surface area contributed by atoms with Crippen molar-refractivity contribution < 1.29 is 9.84 Å². The highest BCUT2D eigenvalue weighted by Gasteiger charge is 2.21. The van der Waals surface area contributed by atoms with Crippen molar-refractivity contribution in [2.45, 2.75) is 57.7 Å². The predicted octanol–water partition coefficient (Wildman–Crippen LogP) is 3.49. The molecule has 0 bridgehead atoms. The first kappa shape index (κ1) is 12.4. The summed E-state index contributed by atoms with van der Waals surface area (Å²) < 4.78 is 5.71. The number of rotatable bonds is 3. The van der Waals surface area contributed by atoms with Crippen LogP contribution < -0.4 is 4.74 Å². The summed E-state index contributed by atoms with van der Waals surface area (Å²) in [6, 6.07) is 8.33. The fourth-order valence-corrected chi connectivity index (χ4v) is 2.58. The van der Waals surface area contributed by atoms with Crippen LogP contribution in [0.2, 0.25) is 0 Å². The first-order valence-corrected chi connectivity index (χ1v) is 6.60. The molecule has 0 aliphatic heterocycles. The lowest BCUT2D eigenvalue weighted by Gasteiger charge is -2.26. The zero-order valence-electron chi connectivity index (χ0n) is 10.7. The lowest BCUT2D eigenvalue weighted by molar-refractivity contribution is 0.119. The largest absolute Gasteiger partial charge is 0.491 e. The van der Waals surface area contributed by atoms with Gasteiger partial charge in [-0.2, -0.15) is 0 Å². The third-order valence-corrected chi connectivity index (χ3v) is 3.35. The number of hydrogen-bond acceptors (Lipinski definition) is 2. The van der Waals surface area contributed by atoms with Crippen LogP contribution >= 0.6 is 0 Å². The predicted molar refractivity (Wildman–Crippen MR) is 69.4 cm³/mol. The van der Waals surface area contributed by atoms with E-state index in [-0.39, 0.29) is 12.2 Å². The second-order valence-electron chi connectivity index (χ2n) is 5.26. The first-order valence-electron chi connectivity index (χ1n) is 6.60. The maximum absolute atomic E-state index is 9.72. The summed E-state index contributed by atoms with van der Waals surface area (Å²) in [6.07, 6.45) is 4.25. The topological polar surface area (TPSA) is 29.5 Å². The van der Waals surface area contributed by atoms with Gasteiger partial charge in [-0.05, 0) is 56.7 Å². The Kier molecular flexibility index (Phi) is 4.06. The summed E-state index contributed by atoms with van der Waals surface area (Å²) in [7, 11) is 0. The Hall–Kier alpha value is -1.02. The third kappa shape index (κ3) is 3.47. The van der Waals surface area contributed by atoms with E-state index in [4.69, 9.17) is 4.74 Å². The van der Waals surface area contributed by atoms with Gasteiger partial charge in [0.1, 0.15) is 5.75 Å². The van der Waals surface area contributed by atoms with Crippen LogP contribution in [-0.2, 0) is 0 Å². The molecule has 94 valence electrons. The van der Waals surface area contributed by atoms with E-state index in [0.717, 1.165) is 25.0 Å². The Morgan fingerprint density at radius 2 is 2.12 bits per heavy atom. The summed E-state index contributed by atoms with van der Waals surface area (Å²) in [5.41, 5.74) is 1.31. The fraction of sp³-hybridized carbons (Fsp3) is 0.600. The number of aliphatic hydroxyl groups is 1. The van der Waals surface area contributed by atoms with Gasteiger partial charge in [0, 0.05) is 0 Å². The Morgan fingerprint density at radius 1 is 1.29 bits per heavy atom. The molecule has 0 spiro atoms. The second-order valence-corrected chi connectivity index (χ2v) is 5.26. The molecule has 0 saturated heterocycles. The zero-order valence-corrected chi connectivity index (χ0v) is 10.7. The highest BCUT2D eigenvalue weighted by atomic mass is 16.5. The fourth-order valence-electron chi connectivity index (χ4n) is 2.58. The zero-order chi connectivity index (χ0) is 12.3. The molecule has 0 aromatic heterocycles. The Bertz CT molecular complexity index is 360. The van der Waals surface area contributed by atoms with E-state index in [1.54, 1.807) is 0 Å². The maximum Gasteiger partial charge on any atom is 0.119 e. The van der Waals surface area contributed by atoms with Crippen LogP contribution in [0.1, 0.15) is 51.0 Å². The Morgan fingerprint density at radius 3 is 2.82 bits per heavy atom. The molecular formula is C15H22O2. The second kappa shape index (κ2) is 5.54. The molecule has 0 radical (unpaired) electrons. The van der Waals surface area contributed by atoms with Crippen molar-refractivity contribution in [1.29, 1.82) is 0 Å². The van der Waals surface area contributed by atoms with Crippen LogP contribution in [0.4, 0.5) is 0 Å². The molecule has 1 aliphatic rings. The van der Waals surface area contributed by atoms with Crippen LogP contribution in [0.25, 0.3) is 0 Å². The molecule has 2 rings (SSSR count). The van der Waals surface area contributed by atoms with Crippen molar-refractivity contribution in [3.05, 3.63) is 29.8 Å². The Balaban J connectivity index is 2.09. The Labute approximate surface area is 104 Å². The molecule has 1 saturated carbocycles. The monoisotopic (exact) mass is 234 g/mol. The van der Waals surface area contributed by atoms with Crippen LogP contribution in [0.5, 0.6) is 5.75 Å². The number of hydrogen-bond donors (Lipinski definition) is 1. The van der Waals surface area contributed by atoms with Crippen molar-refractivity contribution in [2.75, 3.05) is 0 Å².